The van der Waals surface area contributed by atoms with Gasteiger partial charge in [0, 0.05) is 11.3 Å². The highest BCUT2D eigenvalue weighted by Gasteiger charge is 2.52. The highest BCUT2D eigenvalue weighted by Crippen LogP contribution is 2.64. The van der Waals surface area contributed by atoms with Gasteiger partial charge in [0.1, 0.15) is 0 Å². The van der Waals surface area contributed by atoms with Crippen molar-refractivity contribution in [2.75, 3.05) is 4.90 Å². The Morgan fingerprint density at radius 3 is 1.59 bits per heavy atom. The zero-order valence-electron chi connectivity index (χ0n) is 37.4. The molecule has 308 valence electrons. The first kappa shape index (κ1) is 38.3. The van der Waals surface area contributed by atoms with Crippen molar-refractivity contribution >= 4 is 17.1 Å². The molecule has 1 heteroatoms. The number of fused-ring (bicyclic) bond motifs is 12. The van der Waals surface area contributed by atoms with Gasteiger partial charge in [-0.15, -0.1) is 0 Å². The average Bonchev–Trinajstić information content (AvgIpc) is 3.77. The third-order valence-corrected chi connectivity index (χ3v) is 15.6. The minimum atomic E-state index is -0.461. The van der Waals surface area contributed by atoms with Crippen molar-refractivity contribution < 1.29 is 0 Å². The number of anilines is 3. The molecule has 0 radical (unpaired) electrons. The Morgan fingerprint density at radius 2 is 0.937 bits per heavy atom. The normalized spacial score (nSPS) is 16.7. The van der Waals surface area contributed by atoms with Gasteiger partial charge in [0.25, 0.3) is 0 Å². The van der Waals surface area contributed by atoms with Crippen LogP contribution in [-0.2, 0) is 29.1 Å². The van der Waals surface area contributed by atoms with E-state index in [2.05, 4.69) is 209 Å². The molecule has 8 aromatic rings. The van der Waals surface area contributed by atoms with Gasteiger partial charge in [0.2, 0.25) is 0 Å². The second-order valence-electron chi connectivity index (χ2n) is 20.2. The minimum absolute atomic E-state index is 0.0247. The summed E-state index contributed by atoms with van der Waals surface area (Å²) in [6.45, 7) is 12.2. The van der Waals surface area contributed by atoms with Crippen LogP contribution >= 0.6 is 0 Å². The Bertz CT molecular complexity index is 3080. The lowest BCUT2D eigenvalue weighted by Crippen LogP contribution is -2.35. The Hall–Kier alpha value is -6.44. The van der Waals surface area contributed by atoms with Crippen LogP contribution < -0.4 is 4.90 Å². The smallest absolute Gasteiger partial charge is 0.0726 e. The number of nitrogens with zero attached hydrogens (tertiary/aromatic N) is 1. The summed E-state index contributed by atoms with van der Waals surface area (Å²) in [5.41, 5.74) is 26.5. The van der Waals surface area contributed by atoms with Gasteiger partial charge in [-0.3, -0.25) is 0 Å². The van der Waals surface area contributed by atoms with Crippen LogP contribution in [0.15, 0.2) is 170 Å². The quantitative estimate of drug-likeness (QED) is 0.167. The Labute approximate surface area is 374 Å². The fourth-order valence-electron chi connectivity index (χ4n) is 12.5. The molecule has 0 saturated heterocycles. The first-order valence-electron chi connectivity index (χ1n) is 23.4. The topological polar surface area (TPSA) is 3.24 Å². The van der Waals surface area contributed by atoms with Gasteiger partial charge in [-0.25, -0.2) is 0 Å². The molecule has 0 bridgehead atoms. The molecule has 0 N–H and O–H groups in total. The van der Waals surface area contributed by atoms with Crippen LogP contribution in [-0.4, -0.2) is 0 Å². The van der Waals surface area contributed by atoms with Crippen molar-refractivity contribution in [2.24, 2.45) is 0 Å². The predicted octanol–water partition coefficient (Wildman–Crippen LogP) is 16.4. The maximum absolute atomic E-state index is 2.68. The fraction of sp³-hybridized carbons (Fsp3) is 0.226. The van der Waals surface area contributed by atoms with Crippen LogP contribution in [0.1, 0.15) is 103 Å². The van der Waals surface area contributed by atoms with E-state index in [-0.39, 0.29) is 10.8 Å². The highest BCUT2D eigenvalue weighted by atomic mass is 15.1. The third kappa shape index (κ3) is 5.61. The lowest BCUT2D eigenvalue weighted by atomic mass is 9.62. The second-order valence-corrected chi connectivity index (χ2v) is 20.2. The summed E-state index contributed by atoms with van der Waals surface area (Å²) in [7, 11) is 0. The van der Waals surface area contributed by atoms with Crippen LogP contribution in [0.3, 0.4) is 0 Å². The van der Waals surface area contributed by atoms with E-state index in [9.17, 15) is 0 Å². The van der Waals surface area contributed by atoms with E-state index in [1.807, 2.05) is 0 Å². The summed E-state index contributed by atoms with van der Waals surface area (Å²) < 4.78 is 0. The molecule has 63 heavy (non-hydrogen) atoms. The van der Waals surface area contributed by atoms with Crippen LogP contribution in [0, 0.1) is 6.92 Å². The van der Waals surface area contributed by atoms with Crippen molar-refractivity contribution in [3.05, 3.63) is 220 Å². The van der Waals surface area contributed by atoms with Gasteiger partial charge < -0.3 is 4.90 Å². The monoisotopic (exact) mass is 813 g/mol. The van der Waals surface area contributed by atoms with E-state index in [1.54, 1.807) is 0 Å². The molecule has 0 aromatic heterocycles. The summed E-state index contributed by atoms with van der Waals surface area (Å²) in [6.07, 6.45) is 7.14. The zero-order chi connectivity index (χ0) is 42.7. The molecule has 0 atom stereocenters. The molecule has 0 unspecified atom stereocenters. The lowest BCUT2D eigenvalue weighted by molar-refractivity contribution is 0.332. The molecule has 8 aromatic carbocycles. The number of hydrogen-bond donors (Lipinski definition) is 0. The molecule has 1 nitrogen and oxygen atoms in total. The van der Waals surface area contributed by atoms with Crippen LogP contribution in [0.5, 0.6) is 0 Å². The molecule has 1 spiro atoms. The van der Waals surface area contributed by atoms with E-state index in [0.29, 0.717) is 0 Å². The standard InChI is InChI=1S/C62H55N/c1-40-36-43-20-9-10-21-44(43)37-49(40)51-38-50-48-24-13-16-27-54(48)62(52-25-14-11-22-46(52)47-23-12-15-26-53(47)62)56(50)39-58(51)63(45-32-30-42(31-33-45)41-18-7-6-8-19-41)57-29-17-28-55-59(57)61(4,5)35-34-60(55,2)3/h6-8,11-19,22-33,36-39H,9-10,20-21,34-35H2,1-5H3. The van der Waals surface area contributed by atoms with E-state index in [1.165, 1.54) is 137 Å². The molecule has 0 heterocycles. The third-order valence-electron chi connectivity index (χ3n) is 15.6. The summed E-state index contributed by atoms with van der Waals surface area (Å²) >= 11 is 0. The number of benzene rings is 8. The van der Waals surface area contributed by atoms with Gasteiger partial charge >= 0.3 is 0 Å². The summed E-state index contributed by atoms with van der Waals surface area (Å²) in [5.74, 6) is 0. The molecular weight excluding hydrogens is 759 g/mol. The van der Waals surface area contributed by atoms with E-state index < -0.39 is 5.41 Å². The molecule has 0 fully saturated rings. The van der Waals surface area contributed by atoms with Gasteiger partial charge in [-0.2, -0.15) is 0 Å². The largest absolute Gasteiger partial charge is 0.310 e. The minimum Gasteiger partial charge on any atom is -0.310 e. The second kappa shape index (κ2) is 14.0. The number of aryl methyl sites for hydroxylation is 3. The Kier molecular flexibility index (Phi) is 8.52. The van der Waals surface area contributed by atoms with E-state index in [0.717, 1.165) is 12.8 Å². The first-order chi connectivity index (χ1) is 30.6. The first-order valence-corrected chi connectivity index (χ1v) is 23.4. The molecule has 4 aliphatic rings. The zero-order valence-corrected chi connectivity index (χ0v) is 37.4. The van der Waals surface area contributed by atoms with E-state index >= 15 is 0 Å². The summed E-state index contributed by atoms with van der Waals surface area (Å²) in [4.78, 5) is 2.68. The molecule has 0 amide bonds. The summed E-state index contributed by atoms with van der Waals surface area (Å²) in [6, 6.07) is 65.5. The SMILES string of the molecule is Cc1cc2c(cc1-c1cc3c(cc1N(c1ccc(-c4ccccc4)cc1)c1cccc4c1C(C)(C)CCC4(C)C)C1(c4ccccc4-c4ccccc41)c1ccccc1-3)CCCC2. The maximum atomic E-state index is 2.68. The van der Waals surface area contributed by atoms with Gasteiger partial charge in [0.15, 0.2) is 0 Å². The van der Waals surface area contributed by atoms with Crippen molar-refractivity contribution in [1.29, 1.82) is 0 Å². The number of rotatable bonds is 5. The Morgan fingerprint density at radius 1 is 0.397 bits per heavy atom. The Balaban J connectivity index is 1.22. The maximum Gasteiger partial charge on any atom is 0.0726 e. The van der Waals surface area contributed by atoms with Gasteiger partial charge in [-0.1, -0.05) is 167 Å². The van der Waals surface area contributed by atoms with E-state index in [4.69, 9.17) is 0 Å². The van der Waals surface area contributed by atoms with Crippen molar-refractivity contribution in [1.82, 2.24) is 0 Å². The predicted molar refractivity (Wildman–Crippen MR) is 265 cm³/mol. The lowest BCUT2D eigenvalue weighted by Gasteiger charge is -2.45. The van der Waals surface area contributed by atoms with Crippen LogP contribution in [0.4, 0.5) is 17.1 Å². The van der Waals surface area contributed by atoms with Crippen LogP contribution in [0.2, 0.25) is 0 Å². The fourth-order valence-corrected chi connectivity index (χ4v) is 12.5. The summed E-state index contributed by atoms with van der Waals surface area (Å²) in [5, 5.41) is 0. The molecular formula is C62H55N. The van der Waals surface area contributed by atoms with Gasteiger partial charge in [0.05, 0.1) is 16.8 Å². The van der Waals surface area contributed by atoms with Crippen molar-refractivity contribution in [3.8, 4) is 44.5 Å². The van der Waals surface area contributed by atoms with Crippen LogP contribution in [0.25, 0.3) is 44.5 Å². The molecule has 12 rings (SSSR count). The average molecular weight is 814 g/mol. The van der Waals surface area contributed by atoms with Gasteiger partial charge in [-0.05, 0) is 176 Å². The molecule has 0 aliphatic heterocycles. The molecule has 0 saturated carbocycles. The number of hydrogen-bond acceptors (Lipinski definition) is 1. The van der Waals surface area contributed by atoms with Crippen molar-refractivity contribution in [3.63, 3.8) is 0 Å². The highest BCUT2D eigenvalue weighted by molar-refractivity contribution is 6.01. The molecule has 4 aliphatic carbocycles. The van der Waals surface area contributed by atoms with Crippen molar-refractivity contribution in [2.45, 2.75) is 89.4 Å².